The zero-order valence-electron chi connectivity index (χ0n) is 24.1. The molecule has 0 saturated carbocycles. The summed E-state index contributed by atoms with van der Waals surface area (Å²) in [4.78, 5) is 14.3. The van der Waals surface area contributed by atoms with Crippen molar-refractivity contribution < 1.29 is 9.53 Å². The molecule has 5 rings (SSSR count). The van der Waals surface area contributed by atoms with E-state index in [1.165, 1.54) is 28.8 Å². The van der Waals surface area contributed by atoms with E-state index in [4.69, 9.17) is 14.9 Å². The molecule has 1 saturated heterocycles. The lowest BCUT2D eigenvalue weighted by Crippen LogP contribution is -2.41. The highest BCUT2D eigenvalue weighted by Gasteiger charge is 2.32. The van der Waals surface area contributed by atoms with Gasteiger partial charge in [-0.3, -0.25) is 9.78 Å². The number of carbonyl (C=O) groups excluding carboxylic acids is 1. The van der Waals surface area contributed by atoms with Gasteiger partial charge in [0.05, 0.1) is 11.4 Å². The van der Waals surface area contributed by atoms with Crippen molar-refractivity contribution in [2.24, 2.45) is 5.41 Å². The minimum absolute atomic E-state index is 0.203. The van der Waals surface area contributed by atoms with E-state index in [0.29, 0.717) is 11.3 Å². The molecular weight excluding hydrogens is 474 g/mol. The van der Waals surface area contributed by atoms with Crippen molar-refractivity contribution in [3.05, 3.63) is 46.6 Å². The van der Waals surface area contributed by atoms with Crippen LogP contribution in [0, 0.1) is 12.3 Å². The SMILES string of the molecule is CCn1nc(-c2cc(-c3ccc(C4CCN(C(=O)OC(C)(C)C)CC4)cc3C)n[nH]2)c2c1CC(C)(C)CC2. The topological polar surface area (TPSA) is 76.0 Å². The molecule has 2 aromatic heterocycles. The number of hydrogen-bond donors (Lipinski definition) is 1. The molecule has 1 N–H and O–H groups in total. The Labute approximate surface area is 227 Å². The molecule has 0 atom stereocenters. The van der Waals surface area contributed by atoms with Gasteiger partial charge in [0, 0.05) is 36.5 Å². The number of ether oxygens (including phenoxy) is 1. The lowest BCUT2D eigenvalue weighted by atomic mass is 9.76. The number of nitrogens with one attached hydrogen (secondary N) is 1. The Morgan fingerprint density at radius 2 is 1.92 bits per heavy atom. The highest BCUT2D eigenvalue weighted by molar-refractivity contribution is 5.71. The van der Waals surface area contributed by atoms with Gasteiger partial charge < -0.3 is 9.64 Å². The van der Waals surface area contributed by atoms with Crippen molar-refractivity contribution in [2.45, 2.75) is 98.6 Å². The summed E-state index contributed by atoms with van der Waals surface area (Å²) in [6.07, 6.45) is 5.01. The maximum absolute atomic E-state index is 12.4. The summed E-state index contributed by atoms with van der Waals surface area (Å²) in [6, 6.07) is 8.89. The smallest absolute Gasteiger partial charge is 0.410 e. The van der Waals surface area contributed by atoms with Gasteiger partial charge in [-0.05, 0) is 95.2 Å². The second-order valence-corrected chi connectivity index (χ2v) is 12.9. The van der Waals surface area contributed by atoms with Crippen LogP contribution >= 0.6 is 0 Å². The Balaban J connectivity index is 1.31. The van der Waals surface area contributed by atoms with Crippen molar-refractivity contribution in [2.75, 3.05) is 13.1 Å². The number of fused-ring (bicyclic) bond motifs is 1. The summed E-state index contributed by atoms with van der Waals surface area (Å²) in [6.45, 7) is 17.1. The second kappa shape index (κ2) is 9.90. The summed E-state index contributed by atoms with van der Waals surface area (Å²) in [5.41, 5.74) is 9.35. The highest BCUT2D eigenvalue weighted by Crippen LogP contribution is 2.39. The van der Waals surface area contributed by atoms with Gasteiger partial charge in [-0.1, -0.05) is 32.0 Å². The lowest BCUT2D eigenvalue weighted by Gasteiger charge is -2.33. The third-order valence-electron chi connectivity index (χ3n) is 8.14. The average Bonchev–Trinajstić information content (AvgIpc) is 3.47. The molecule has 0 bridgehead atoms. The predicted molar refractivity (Wildman–Crippen MR) is 151 cm³/mol. The van der Waals surface area contributed by atoms with Crippen molar-refractivity contribution in [3.63, 3.8) is 0 Å². The van der Waals surface area contributed by atoms with Gasteiger partial charge in [0.15, 0.2) is 0 Å². The standard InChI is InChI=1S/C31H43N5O2/c1-8-36-27-19-31(6,7)14-11-24(27)28(34-36)26-18-25(32-33-26)23-10-9-22(17-20(23)2)21-12-15-35(16-13-21)29(37)38-30(3,4)5/h9-10,17-18,21H,8,11-16,19H2,1-7H3,(H,32,33). The van der Waals surface area contributed by atoms with E-state index in [1.807, 2.05) is 25.7 Å². The molecule has 3 heterocycles. The zero-order chi connectivity index (χ0) is 27.2. The molecule has 1 aliphatic heterocycles. The summed E-state index contributed by atoms with van der Waals surface area (Å²) in [5, 5.41) is 13.0. The summed E-state index contributed by atoms with van der Waals surface area (Å²) >= 11 is 0. The normalized spacial score (nSPS) is 17.9. The number of hydrogen-bond acceptors (Lipinski definition) is 4. The van der Waals surface area contributed by atoms with Gasteiger partial charge >= 0.3 is 6.09 Å². The number of carbonyl (C=O) groups is 1. The van der Waals surface area contributed by atoms with Gasteiger partial charge in [0.2, 0.25) is 0 Å². The van der Waals surface area contributed by atoms with E-state index < -0.39 is 5.60 Å². The van der Waals surface area contributed by atoms with Crippen LogP contribution in [0.4, 0.5) is 4.79 Å². The second-order valence-electron chi connectivity index (χ2n) is 12.9. The molecule has 38 heavy (non-hydrogen) atoms. The van der Waals surface area contributed by atoms with Crippen LogP contribution in [-0.2, 0) is 24.1 Å². The van der Waals surface area contributed by atoms with Gasteiger partial charge in [-0.2, -0.15) is 10.2 Å². The first-order valence-corrected chi connectivity index (χ1v) is 14.2. The molecule has 7 heteroatoms. The van der Waals surface area contributed by atoms with Crippen molar-refractivity contribution in [3.8, 4) is 22.6 Å². The molecule has 1 aliphatic carbocycles. The van der Waals surface area contributed by atoms with Crippen LogP contribution in [0.15, 0.2) is 24.3 Å². The van der Waals surface area contributed by atoms with Crippen LogP contribution < -0.4 is 0 Å². The monoisotopic (exact) mass is 517 g/mol. The summed E-state index contributed by atoms with van der Waals surface area (Å²) in [5.74, 6) is 0.449. The van der Waals surface area contributed by atoms with Crippen molar-refractivity contribution in [1.29, 1.82) is 0 Å². The quantitative estimate of drug-likeness (QED) is 0.408. The molecular formula is C31H43N5O2. The van der Waals surface area contributed by atoms with Crippen LogP contribution in [0.2, 0.25) is 0 Å². The van der Waals surface area contributed by atoms with Crippen LogP contribution in [0.1, 0.15) is 89.1 Å². The van der Waals surface area contributed by atoms with E-state index >= 15 is 0 Å². The van der Waals surface area contributed by atoms with Gasteiger partial charge in [-0.25, -0.2) is 4.79 Å². The molecule has 204 valence electrons. The number of aromatic nitrogens is 4. The Kier molecular flexibility index (Phi) is 6.91. The molecule has 1 fully saturated rings. The number of rotatable bonds is 4. The molecule has 3 aromatic rings. The Bertz CT molecular complexity index is 1320. The number of aryl methyl sites for hydroxylation is 2. The molecule has 1 amide bonds. The fraction of sp³-hybridized carbons (Fsp3) is 0.581. The molecule has 1 aromatic carbocycles. The van der Waals surface area contributed by atoms with E-state index in [-0.39, 0.29) is 6.09 Å². The Hall–Kier alpha value is -3.09. The maximum Gasteiger partial charge on any atom is 0.410 e. The maximum atomic E-state index is 12.4. The molecule has 0 radical (unpaired) electrons. The van der Waals surface area contributed by atoms with Gasteiger partial charge in [0.1, 0.15) is 11.3 Å². The van der Waals surface area contributed by atoms with Crippen LogP contribution in [0.3, 0.4) is 0 Å². The molecule has 7 nitrogen and oxygen atoms in total. The minimum atomic E-state index is -0.459. The number of aromatic amines is 1. The number of nitrogens with zero attached hydrogens (tertiary/aromatic N) is 4. The van der Waals surface area contributed by atoms with Crippen LogP contribution in [-0.4, -0.2) is 49.7 Å². The largest absolute Gasteiger partial charge is 0.444 e. The zero-order valence-corrected chi connectivity index (χ0v) is 24.1. The fourth-order valence-corrected chi connectivity index (χ4v) is 6.01. The van der Waals surface area contributed by atoms with Gasteiger partial charge in [0.25, 0.3) is 0 Å². The fourth-order valence-electron chi connectivity index (χ4n) is 6.01. The first kappa shape index (κ1) is 26.5. The van der Waals surface area contributed by atoms with E-state index in [0.717, 1.165) is 68.0 Å². The number of amides is 1. The summed E-state index contributed by atoms with van der Waals surface area (Å²) in [7, 11) is 0. The lowest BCUT2D eigenvalue weighted by molar-refractivity contribution is 0.0205. The first-order chi connectivity index (χ1) is 17.9. The van der Waals surface area contributed by atoms with Crippen molar-refractivity contribution in [1.82, 2.24) is 24.9 Å². The minimum Gasteiger partial charge on any atom is -0.444 e. The van der Waals surface area contributed by atoms with E-state index in [9.17, 15) is 4.79 Å². The van der Waals surface area contributed by atoms with Crippen molar-refractivity contribution >= 4 is 6.09 Å². The number of likely N-dealkylation sites (tertiary alicyclic amines) is 1. The molecule has 2 aliphatic rings. The third kappa shape index (κ3) is 5.38. The van der Waals surface area contributed by atoms with Crippen LogP contribution in [0.25, 0.3) is 22.6 Å². The highest BCUT2D eigenvalue weighted by atomic mass is 16.6. The third-order valence-corrected chi connectivity index (χ3v) is 8.14. The predicted octanol–water partition coefficient (Wildman–Crippen LogP) is 6.90. The Morgan fingerprint density at radius 1 is 1.18 bits per heavy atom. The number of H-pyrrole nitrogens is 1. The Morgan fingerprint density at radius 3 is 2.58 bits per heavy atom. The average molecular weight is 518 g/mol. The van der Waals surface area contributed by atoms with E-state index in [2.05, 4.69) is 61.7 Å². The summed E-state index contributed by atoms with van der Waals surface area (Å²) < 4.78 is 7.74. The molecule has 0 unspecified atom stereocenters. The number of benzene rings is 1. The molecule has 0 spiro atoms. The first-order valence-electron chi connectivity index (χ1n) is 14.2. The number of piperidine rings is 1. The van der Waals surface area contributed by atoms with E-state index in [1.54, 1.807) is 0 Å². The van der Waals surface area contributed by atoms with Crippen LogP contribution in [0.5, 0.6) is 0 Å². The van der Waals surface area contributed by atoms with Gasteiger partial charge in [-0.15, -0.1) is 0 Å².